The molecule has 0 heterocycles. The minimum Gasteiger partial charge on any atom is -0.489 e. The number of likely N-dealkylation sites (N-methyl/N-ethyl adjacent to an activating group) is 1. The summed E-state index contributed by atoms with van der Waals surface area (Å²) in [5, 5.41) is 3.19. The predicted molar refractivity (Wildman–Crippen MR) is 92.0 cm³/mol. The lowest BCUT2D eigenvalue weighted by Gasteiger charge is -2.13. The first kappa shape index (κ1) is 16.1. The van der Waals surface area contributed by atoms with Crippen molar-refractivity contribution in [3.05, 3.63) is 63.1 Å². The molecule has 0 unspecified atom stereocenters. The number of hydrogen-bond acceptors (Lipinski definition) is 2. The number of benzene rings is 2. The SMILES string of the molecule is CNCCc1ccccc1COc1cc(C)c(Br)c(C)c1. The van der Waals surface area contributed by atoms with E-state index in [2.05, 4.69) is 71.5 Å². The lowest BCUT2D eigenvalue weighted by atomic mass is 10.1. The van der Waals surface area contributed by atoms with Crippen LogP contribution >= 0.6 is 15.9 Å². The van der Waals surface area contributed by atoms with Crippen LogP contribution in [0.15, 0.2) is 40.9 Å². The summed E-state index contributed by atoms with van der Waals surface area (Å²) in [7, 11) is 1.98. The van der Waals surface area contributed by atoms with Gasteiger partial charge in [0.15, 0.2) is 0 Å². The largest absolute Gasteiger partial charge is 0.489 e. The van der Waals surface area contributed by atoms with Gasteiger partial charge in [-0.05, 0) is 68.2 Å². The van der Waals surface area contributed by atoms with Crippen molar-refractivity contribution in [1.82, 2.24) is 5.32 Å². The highest BCUT2D eigenvalue weighted by Gasteiger charge is 2.05. The Morgan fingerprint density at radius 3 is 2.29 bits per heavy atom. The molecule has 0 spiro atoms. The van der Waals surface area contributed by atoms with E-state index in [1.54, 1.807) is 0 Å². The first-order chi connectivity index (χ1) is 10.1. The summed E-state index contributed by atoms with van der Waals surface area (Å²) >= 11 is 3.59. The quantitative estimate of drug-likeness (QED) is 0.835. The number of rotatable bonds is 6. The van der Waals surface area contributed by atoms with Gasteiger partial charge in [0, 0.05) is 4.47 Å². The lowest BCUT2D eigenvalue weighted by Crippen LogP contribution is -2.12. The van der Waals surface area contributed by atoms with Gasteiger partial charge in [0.1, 0.15) is 12.4 Å². The summed E-state index contributed by atoms with van der Waals surface area (Å²) in [6.07, 6.45) is 1.02. The van der Waals surface area contributed by atoms with Gasteiger partial charge in [-0.2, -0.15) is 0 Å². The highest BCUT2D eigenvalue weighted by molar-refractivity contribution is 9.10. The summed E-state index contributed by atoms with van der Waals surface area (Å²) in [6, 6.07) is 12.6. The second-order valence-electron chi connectivity index (χ2n) is 5.28. The summed E-state index contributed by atoms with van der Waals surface area (Å²) in [6.45, 7) is 5.77. The topological polar surface area (TPSA) is 21.3 Å². The molecule has 1 N–H and O–H groups in total. The third kappa shape index (κ3) is 4.32. The Hall–Kier alpha value is -1.32. The van der Waals surface area contributed by atoms with E-state index in [0.717, 1.165) is 23.2 Å². The summed E-state index contributed by atoms with van der Waals surface area (Å²) in [5.74, 6) is 0.927. The van der Waals surface area contributed by atoms with E-state index in [9.17, 15) is 0 Å². The van der Waals surface area contributed by atoms with Crippen molar-refractivity contribution in [1.29, 1.82) is 0 Å². The van der Waals surface area contributed by atoms with Crippen LogP contribution in [0, 0.1) is 13.8 Å². The number of ether oxygens (including phenoxy) is 1. The van der Waals surface area contributed by atoms with Crippen LogP contribution in [0.2, 0.25) is 0 Å². The van der Waals surface area contributed by atoms with Crippen molar-refractivity contribution in [3.8, 4) is 5.75 Å². The van der Waals surface area contributed by atoms with Crippen LogP contribution in [0.1, 0.15) is 22.3 Å². The Balaban J connectivity index is 2.09. The molecule has 3 heteroatoms. The summed E-state index contributed by atoms with van der Waals surface area (Å²) in [4.78, 5) is 0. The molecular weight excluding hydrogens is 326 g/mol. The summed E-state index contributed by atoms with van der Waals surface area (Å²) < 4.78 is 7.14. The standard InChI is InChI=1S/C18H22BrNO/c1-13-10-17(11-14(2)18(13)19)21-12-16-7-5-4-6-15(16)8-9-20-3/h4-7,10-11,20H,8-9,12H2,1-3H3. The van der Waals surface area contributed by atoms with Gasteiger partial charge >= 0.3 is 0 Å². The van der Waals surface area contributed by atoms with Crippen molar-refractivity contribution in [2.75, 3.05) is 13.6 Å². The average molecular weight is 348 g/mol. The van der Waals surface area contributed by atoms with Crippen LogP contribution in [-0.2, 0) is 13.0 Å². The Bertz CT molecular complexity index is 587. The maximum absolute atomic E-state index is 5.99. The minimum absolute atomic E-state index is 0.612. The minimum atomic E-state index is 0.612. The molecule has 0 saturated heterocycles. The van der Waals surface area contributed by atoms with E-state index in [0.29, 0.717) is 6.61 Å². The molecule has 0 aromatic heterocycles. The van der Waals surface area contributed by atoms with Gasteiger partial charge in [-0.25, -0.2) is 0 Å². The highest BCUT2D eigenvalue weighted by Crippen LogP contribution is 2.27. The van der Waals surface area contributed by atoms with Crippen molar-refractivity contribution < 1.29 is 4.74 Å². The highest BCUT2D eigenvalue weighted by atomic mass is 79.9. The molecule has 21 heavy (non-hydrogen) atoms. The molecule has 2 aromatic rings. The fraction of sp³-hybridized carbons (Fsp3) is 0.333. The molecule has 2 aromatic carbocycles. The Morgan fingerprint density at radius 2 is 1.67 bits per heavy atom. The number of hydrogen-bond donors (Lipinski definition) is 1. The molecular formula is C18H22BrNO. The monoisotopic (exact) mass is 347 g/mol. The van der Waals surface area contributed by atoms with Crippen molar-refractivity contribution in [2.24, 2.45) is 0 Å². The zero-order valence-electron chi connectivity index (χ0n) is 12.9. The molecule has 0 aliphatic heterocycles. The molecule has 112 valence electrons. The van der Waals surface area contributed by atoms with Gasteiger partial charge in [-0.3, -0.25) is 0 Å². The van der Waals surface area contributed by atoms with Crippen LogP contribution in [0.4, 0.5) is 0 Å². The fourth-order valence-corrected chi connectivity index (χ4v) is 2.58. The van der Waals surface area contributed by atoms with E-state index < -0.39 is 0 Å². The molecule has 2 rings (SSSR count). The van der Waals surface area contributed by atoms with Crippen LogP contribution in [0.25, 0.3) is 0 Å². The second-order valence-corrected chi connectivity index (χ2v) is 6.07. The Labute approximate surface area is 135 Å². The first-order valence-corrected chi connectivity index (χ1v) is 8.02. The van der Waals surface area contributed by atoms with Gasteiger partial charge < -0.3 is 10.1 Å². The van der Waals surface area contributed by atoms with Crippen LogP contribution in [-0.4, -0.2) is 13.6 Å². The predicted octanol–water partition coefficient (Wildman–Crippen LogP) is 4.41. The third-order valence-electron chi connectivity index (χ3n) is 3.57. The zero-order chi connectivity index (χ0) is 15.2. The van der Waals surface area contributed by atoms with E-state index in [4.69, 9.17) is 4.74 Å². The first-order valence-electron chi connectivity index (χ1n) is 7.22. The molecule has 0 aliphatic rings. The lowest BCUT2D eigenvalue weighted by molar-refractivity contribution is 0.304. The van der Waals surface area contributed by atoms with Crippen molar-refractivity contribution in [2.45, 2.75) is 26.9 Å². The number of halogens is 1. The van der Waals surface area contributed by atoms with Crippen molar-refractivity contribution in [3.63, 3.8) is 0 Å². The van der Waals surface area contributed by atoms with Crippen molar-refractivity contribution >= 4 is 15.9 Å². The molecule has 0 saturated carbocycles. The molecule has 0 bridgehead atoms. The third-order valence-corrected chi connectivity index (χ3v) is 4.82. The van der Waals surface area contributed by atoms with Crippen LogP contribution < -0.4 is 10.1 Å². The second kappa shape index (κ2) is 7.62. The zero-order valence-corrected chi connectivity index (χ0v) is 14.5. The van der Waals surface area contributed by atoms with E-state index in [1.807, 2.05) is 7.05 Å². The normalized spacial score (nSPS) is 10.7. The van der Waals surface area contributed by atoms with Crippen LogP contribution in [0.5, 0.6) is 5.75 Å². The fourth-order valence-electron chi connectivity index (χ4n) is 2.35. The molecule has 0 radical (unpaired) electrons. The smallest absolute Gasteiger partial charge is 0.120 e. The van der Waals surface area contributed by atoms with E-state index in [-0.39, 0.29) is 0 Å². The molecule has 0 aliphatic carbocycles. The number of aryl methyl sites for hydroxylation is 2. The summed E-state index contributed by atoms with van der Waals surface area (Å²) in [5.41, 5.74) is 5.00. The van der Waals surface area contributed by atoms with Crippen LogP contribution in [0.3, 0.4) is 0 Å². The molecule has 0 atom stereocenters. The van der Waals surface area contributed by atoms with Gasteiger partial charge in [0.25, 0.3) is 0 Å². The Morgan fingerprint density at radius 1 is 1.05 bits per heavy atom. The molecule has 2 nitrogen and oxygen atoms in total. The van der Waals surface area contributed by atoms with Gasteiger partial charge in [-0.1, -0.05) is 40.2 Å². The maximum Gasteiger partial charge on any atom is 0.120 e. The molecule has 0 fully saturated rings. The maximum atomic E-state index is 5.99. The molecule has 0 amide bonds. The van der Waals surface area contributed by atoms with Gasteiger partial charge in [-0.15, -0.1) is 0 Å². The average Bonchev–Trinajstić information content (AvgIpc) is 2.49. The van der Waals surface area contributed by atoms with Gasteiger partial charge in [0.05, 0.1) is 0 Å². The Kier molecular flexibility index (Phi) is 5.83. The van der Waals surface area contributed by atoms with Gasteiger partial charge in [0.2, 0.25) is 0 Å². The number of nitrogens with one attached hydrogen (secondary N) is 1. The van der Waals surface area contributed by atoms with E-state index in [1.165, 1.54) is 22.3 Å². The van der Waals surface area contributed by atoms with E-state index >= 15 is 0 Å².